The van der Waals surface area contributed by atoms with Crippen molar-refractivity contribution in [3.05, 3.63) is 0 Å². The molecule has 1 amide bonds. The van der Waals surface area contributed by atoms with Crippen molar-refractivity contribution in [1.82, 2.24) is 10.2 Å². The van der Waals surface area contributed by atoms with E-state index in [0.29, 0.717) is 12.3 Å². The molecule has 9 heteroatoms. The lowest BCUT2D eigenvalue weighted by Crippen LogP contribution is -2.50. The fourth-order valence-electron chi connectivity index (χ4n) is 2.53. The van der Waals surface area contributed by atoms with Gasteiger partial charge in [-0.2, -0.15) is 0 Å². The lowest BCUT2D eigenvalue weighted by molar-refractivity contribution is -0.149. The van der Waals surface area contributed by atoms with Gasteiger partial charge in [0.05, 0.1) is 16.9 Å². The highest BCUT2D eigenvalue weighted by Crippen LogP contribution is 2.29. The van der Waals surface area contributed by atoms with Crippen molar-refractivity contribution in [2.75, 3.05) is 23.8 Å². The smallest absolute Gasteiger partial charge is 0.327 e. The number of carbonyl (C=O) groups is 2. The van der Waals surface area contributed by atoms with E-state index in [2.05, 4.69) is 5.32 Å². The predicted octanol–water partition coefficient (Wildman–Crippen LogP) is -0.862. The Labute approximate surface area is 122 Å². The number of thioether (sulfide) groups is 1. The highest BCUT2D eigenvalue weighted by Gasteiger charge is 2.40. The summed E-state index contributed by atoms with van der Waals surface area (Å²) in [6, 6.07) is -1.24. The molecule has 7 nitrogen and oxygen atoms in total. The maximum atomic E-state index is 12.3. The number of nitrogens with one attached hydrogen (secondary N) is 1. The molecule has 2 aliphatic rings. The highest BCUT2D eigenvalue weighted by atomic mass is 32.2. The lowest BCUT2D eigenvalue weighted by atomic mass is 10.1. The molecule has 2 saturated heterocycles. The Hall–Kier alpha value is -0.800. The summed E-state index contributed by atoms with van der Waals surface area (Å²) < 4.78 is 23.1. The summed E-state index contributed by atoms with van der Waals surface area (Å²) in [6.45, 7) is 2.13. The first kappa shape index (κ1) is 15.6. The van der Waals surface area contributed by atoms with Gasteiger partial charge in [-0.25, -0.2) is 13.2 Å². The Morgan fingerprint density at radius 1 is 1.45 bits per heavy atom. The molecule has 0 saturated carbocycles. The second-order valence-electron chi connectivity index (χ2n) is 5.06. The summed E-state index contributed by atoms with van der Waals surface area (Å²) in [5.41, 5.74) is 0. The topological polar surface area (TPSA) is 104 Å². The first-order valence-corrected chi connectivity index (χ1v) is 9.26. The van der Waals surface area contributed by atoms with Crippen LogP contribution in [0.5, 0.6) is 0 Å². The van der Waals surface area contributed by atoms with Gasteiger partial charge >= 0.3 is 5.97 Å². The van der Waals surface area contributed by atoms with Gasteiger partial charge in [0.25, 0.3) is 0 Å². The molecule has 0 aromatic heterocycles. The number of sulfone groups is 1. The molecule has 0 aromatic carbocycles. The van der Waals surface area contributed by atoms with Gasteiger partial charge in [0.15, 0.2) is 9.84 Å². The quantitative estimate of drug-likeness (QED) is 0.696. The Kier molecular flexibility index (Phi) is 4.60. The summed E-state index contributed by atoms with van der Waals surface area (Å²) in [4.78, 5) is 24.8. The van der Waals surface area contributed by atoms with Crippen molar-refractivity contribution in [1.29, 1.82) is 0 Å². The summed E-state index contributed by atoms with van der Waals surface area (Å²) in [6.07, 6.45) is 0.0217. The third-order valence-electron chi connectivity index (χ3n) is 3.52. The summed E-state index contributed by atoms with van der Waals surface area (Å²) in [5.74, 6) is -0.917. The monoisotopic (exact) mass is 322 g/mol. The Morgan fingerprint density at radius 2 is 2.15 bits per heavy atom. The zero-order valence-corrected chi connectivity index (χ0v) is 12.7. The van der Waals surface area contributed by atoms with Gasteiger partial charge in [0.1, 0.15) is 6.04 Å². The summed E-state index contributed by atoms with van der Waals surface area (Å²) in [7, 11) is -3.10. The number of aliphatic carboxylic acids is 1. The Balaban J connectivity index is 2.02. The van der Waals surface area contributed by atoms with Crippen LogP contribution < -0.4 is 5.32 Å². The van der Waals surface area contributed by atoms with Crippen LogP contribution in [0.15, 0.2) is 0 Å². The molecule has 3 unspecified atom stereocenters. The molecular formula is C11H18N2O5S2. The first-order valence-electron chi connectivity index (χ1n) is 6.39. The fourth-order valence-corrected chi connectivity index (χ4v) is 5.16. The fraction of sp³-hybridized carbons (Fsp3) is 0.818. The van der Waals surface area contributed by atoms with E-state index in [1.165, 1.54) is 16.7 Å². The van der Waals surface area contributed by atoms with Gasteiger partial charge in [0.2, 0.25) is 5.91 Å². The molecule has 114 valence electrons. The van der Waals surface area contributed by atoms with Crippen LogP contribution in [-0.4, -0.2) is 71.6 Å². The maximum Gasteiger partial charge on any atom is 0.327 e. The van der Waals surface area contributed by atoms with E-state index in [9.17, 15) is 18.0 Å². The molecule has 0 bridgehead atoms. The Morgan fingerprint density at radius 3 is 2.75 bits per heavy atom. The standard InChI is InChI=1S/C11H18N2O5S2/c1-7-13(9(5-19-7)11(15)16)10(14)4-8-6-20(17,18)3-2-12-8/h7-9,12H,2-6H2,1H3,(H,15,16). The minimum atomic E-state index is -3.10. The number of hydrogen-bond donors (Lipinski definition) is 2. The van der Waals surface area contributed by atoms with Crippen LogP contribution in [0, 0.1) is 0 Å². The molecular weight excluding hydrogens is 304 g/mol. The number of rotatable bonds is 3. The number of carboxylic acid groups (broad SMARTS) is 1. The number of nitrogens with zero attached hydrogens (tertiary/aromatic N) is 1. The van der Waals surface area contributed by atoms with Crippen LogP contribution in [0.25, 0.3) is 0 Å². The van der Waals surface area contributed by atoms with E-state index < -0.39 is 27.9 Å². The average molecular weight is 322 g/mol. The summed E-state index contributed by atoms with van der Waals surface area (Å²) in [5, 5.41) is 11.9. The van der Waals surface area contributed by atoms with Gasteiger partial charge in [-0.3, -0.25) is 4.79 Å². The SMILES string of the molecule is CC1SCC(C(=O)O)N1C(=O)CC1CS(=O)(=O)CCN1. The van der Waals surface area contributed by atoms with Crippen LogP contribution in [0.4, 0.5) is 0 Å². The van der Waals surface area contributed by atoms with Crippen LogP contribution >= 0.6 is 11.8 Å². The number of hydrogen-bond acceptors (Lipinski definition) is 6. The van der Waals surface area contributed by atoms with Crippen LogP contribution in [0.1, 0.15) is 13.3 Å². The molecule has 2 N–H and O–H groups in total. The molecule has 2 fully saturated rings. The van der Waals surface area contributed by atoms with Crippen LogP contribution in [-0.2, 0) is 19.4 Å². The molecule has 0 aromatic rings. The molecule has 2 rings (SSSR count). The lowest BCUT2D eigenvalue weighted by Gasteiger charge is -2.29. The molecule has 2 heterocycles. The van der Waals surface area contributed by atoms with E-state index in [1.807, 2.05) is 0 Å². The van der Waals surface area contributed by atoms with E-state index in [4.69, 9.17) is 5.11 Å². The third kappa shape index (κ3) is 3.44. The predicted molar refractivity (Wildman–Crippen MR) is 75.3 cm³/mol. The van der Waals surface area contributed by atoms with Crippen molar-refractivity contribution in [3.8, 4) is 0 Å². The summed E-state index contributed by atoms with van der Waals surface area (Å²) >= 11 is 1.42. The molecule has 2 aliphatic heterocycles. The van der Waals surface area contributed by atoms with E-state index in [1.54, 1.807) is 6.92 Å². The van der Waals surface area contributed by atoms with Gasteiger partial charge < -0.3 is 15.3 Å². The van der Waals surface area contributed by atoms with Gasteiger partial charge in [-0.1, -0.05) is 0 Å². The van der Waals surface area contributed by atoms with Crippen LogP contribution in [0.2, 0.25) is 0 Å². The first-order chi connectivity index (χ1) is 9.30. The average Bonchev–Trinajstić information content (AvgIpc) is 2.69. The molecule has 0 aliphatic carbocycles. The molecule has 0 spiro atoms. The normalized spacial score (nSPS) is 33.0. The van der Waals surface area contributed by atoms with E-state index in [-0.39, 0.29) is 29.2 Å². The second kappa shape index (κ2) is 5.90. The molecule has 3 atom stereocenters. The second-order valence-corrected chi connectivity index (χ2v) is 8.63. The highest BCUT2D eigenvalue weighted by molar-refractivity contribution is 8.00. The van der Waals surface area contributed by atoms with Crippen molar-refractivity contribution in [3.63, 3.8) is 0 Å². The Bertz CT molecular complexity index is 507. The third-order valence-corrected chi connectivity index (χ3v) is 6.47. The van der Waals surface area contributed by atoms with Gasteiger partial charge in [-0.05, 0) is 6.92 Å². The molecule has 20 heavy (non-hydrogen) atoms. The minimum absolute atomic E-state index is 0.0217. The maximum absolute atomic E-state index is 12.3. The van der Waals surface area contributed by atoms with Gasteiger partial charge in [0, 0.05) is 24.8 Å². The van der Waals surface area contributed by atoms with Crippen molar-refractivity contribution in [2.24, 2.45) is 0 Å². The zero-order chi connectivity index (χ0) is 14.9. The minimum Gasteiger partial charge on any atom is -0.480 e. The van der Waals surface area contributed by atoms with E-state index in [0.717, 1.165) is 0 Å². The van der Waals surface area contributed by atoms with Crippen molar-refractivity contribution in [2.45, 2.75) is 30.8 Å². The largest absolute Gasteiger partial charge is 0.480 e. The van der Waals surface area contributed by atoms with Gasteiger partial charge in [-0.15, -0.1) is 11.8 Å². The number of carboxylic acids is 1. The van der Waals surface area contributed by atoms with E-state index >= 15 is 0 Å². The number of amides is 1. The molecule has 0 radical (unpaired) electrons. The van der Waals surface area contributed by atoms with Crippen LogP contribution in [0.3, 0.4) is 0 Å². The number of carbonyl (C=O) groups excluding carboxylic acids is 1. The zero-order valence-electron chi connectivity index (χ0n) is 11.1. The van der Waals surface area contributed by atoms with Crippen molar-refractivity contribution >= 4 is 33.5 Å². The van der Waals surface area contributed by atoms with Crippen molar-refractivity contribution < 1.29 is 23.1 Å².